The first-order valence-electron chi connectivity index (χ1n) is 13.1. The number of likely N-dealkylation sites (tertiary alicyclic amines) is 1. The van der Waals surface area contributed by atoms with Crippen LogP contribution in [0.15, 0.2) is 36.4 Å². The van der Waals surface area contributed by atoms with Gasteiger partial charge in [-0.25, -0.2) is 9.37 Å². The van der Waals surface area contributed by atoms with Crippen molar-refractivity contribution in [1.29, 1.82) is 0 Å². The van der Waals surface area contributed by atoms with Crippen molar-refractivity contribution in [2.75, 3.05) is 50.5 Å². The van der Waals surface area contributed by atoms with E-state index >= 15 is 4.39 Å². The molecule has 2 saturated heterocycles. The molecule has 2 fully saturated rings. The van der Waals surface area contributed by atoms with Crippen LogP contribution in [0.1, 0.15) is 19.8 Å². The molecule has 2 aromatic heterocycles. The first-order valence-corrected chi connectivity index (χ1v) is 13.4. The second-order valence-electron chi connectivity index (χ2n) is 10.2. The highest BCUT2D eigenvalue weighted by atomic mass is 35.5. The van der Waals surface area contributed by atoms with Gasteiger partial charge in [-0.05, 0) is 50.9 Å². The van der Waals surface area contributed by atoms with Crippen molar-refractivity contribution in [1.82, 2.24) is 25.2 Å². The number of rotatable bonds is 5. The number of piperazine rings is 1. The lowest BCUT2D eigenvalue weighted by Crippen LogP contribution is -2.50. The van der Waals surface area contributed by atoms with Crippen molar-refractivity contribution in [2.45, 2.75) is 31.8 Å². The Balaban J connectivity index is 1.53. The molecular weight excluding hydrogens is 505 g/mol. The molecule has 8 nitrogen and oxygen atoms in total. The number of anilines is 2. The van der Waals surface area contributed by atoms with Crippen LogP contribution in [0.2, 0.25) is 5.02 Å². The molecular formula is C28H31ClFN7O. The van der Waals surface area contributed by atoms with E-state index in [1.54, 1.807) is 12.1 Å². The summed E-state index contributed by atoms with van der Waals surface area (Å²) in [6, 6.07) is 11.7. The highest BCUT2D eigenvalue weighted by Gasteiger charge is 2.28. The molecule has 0 saturated carbocycles. The summed E-state index contributed by atoms with van der Waals surface area (Å²) < 4.78 is 22.7. The molecule has 2 aromatic carbocycles. The third-order valence-corrected chi connectivity index (χ3v) is 7.99. The Kier molecular flexibility index (Phi) is 6.67. The number of benzene rings is 2. The summed E-state index contributed by atoms with van der Waals surface area (Å²) in [4.78, 5) is 18.3. The minimum absolute atomic E-state index is 0.150. The Bertz CT molecular complexity index is 1520. The molecule has 0 unspecified atom stereocenters. The standard InChI is InChI=1S/C28H31ClFN7O/c1-16-14-32-9-11-37(16)27-20-13-21(29)23(25-19-8-4-3-6-17(19)12-22(31)33-25)24(30)26(20)34-28(35-27)38-15-18-7-5-10-36(18)2/h3-4,6,8,12-13,16,18,32H,5,7,9-11,14-15H2,1-2H3,(H2,31,33)/t16-,18-/m0/s1. The molecule has 4 aromatic rings. The number of hydrogen-bond donors (Lipinski definition) is 2. The zero-order chi connectivity index (χ0) is 26.4. The fourth-order valence-electron chi connectivity index (χ4n) is 5.59. The van der Waals surface area contributed by atoms with Crippen LogP contribution in [0.25, 0.3) is 32.9 Å². The van der Waals surface area contributed by atoms with Gasteiger partial charge in [0.15, 0.2) is 5.82 Å². The Morgan fingerprint density at radius 1 is 1.16 bits per heavy atom. The van der Waals surface area contributed by atoms with Gasteiger partial charge in [-0.15, -0.1) is 0 Å². The molecule has 2 aliphatic heterocycles. The maximum atomic E-state index is 16.6. The number of likely N-dealkylation sites (N-methyl/N-ethyl adjacent to an activating group) is 1. The zero-order valence-electron chi connectivity index (χ0n) is 21.5. The van der Waals surface area contributed by atoms with Gasteiger partial charge >= 0.3 is 6.01 Å². The van der Waals surface area contributed by atoms with Gasteiger partial charge in [-0.3, -0.25) is 0 Å². The second kappa shape index (κ2) is 10.1. The maximum absolute atomic E-state index is 16.6. The van der Waals surface area contributed by atoms with Crippen LogP contribution < -0.4 is 20.7 Å². The number of nitrogens with one attached hydrogen (secondary N) is 1. The van der Waals surface area contributed by atoms with E-state index in [4.69, 9.17) is 27.1 Å². The van der Waals surface area contributed by atoms with E-state index in [1.807, 2.05) is 24.3 Å². The summed E-state index contributed by atoms with van der Waals surface area (Å²) in [5.74, 6) is 0.346. The first-order chi connectivity index (χ1) is 18.4. The van der Waals surface area contributed by atoms with Gasteiger partial charge in [0.2, 0.25) is 0 Å². The minimum Gasteiger partial charge on any atom is -0.462 e. The van der Waals surface area contributed by atoms with Crippen LogP contribution in [0, 0.1) is 5.82 Å². The van der Waals surface area contributed by atoms with Crippen molar-refractivity contribution in [3.05, 3.63) is 47.2 Å². The number of hydrogen-bond acceptors (Lipinski definition) is 8. The molecule has 3 N–H and O–H groups in total. The molecule has 0 bridgehead atoms. The molecule has 0 amide bonds. The number of nitrogen functional groups attached to an aromatic ring is 1. The molecule has 38 heavy (non-hydrogen) atoms. The quantitative estimate of drug-likeness (QED) is 0.386. The predicted molar refractivity (Wildman–Crippen MR) is 150 cm³/mol. The maximum Gasteiger partial charge on any atom is 0.319 e. The summed E-state index contributed by atoms with van der Waals surface area (Å²) in [7, 11) is 2.09. The Morgan fingerprint density at radius 3 is 2.79 bits per heavy atom. The van der Waals surface area contributed by atoms with Gasteiger partial charge in [-0.2, -0.15) is 9.97 Å². The number of nitrogens with zero attached hydrogens (tertiary/aromatic N) is 5. The Labute approximate surface area is 226 Å². The van der Waals surface area contributed by atoms with E-state index in [0.717, 1.165) is 49.8 Å². The lowest BCUT2D eigenvalue weighted by atomic mass is 10.0. The van der Waals surface area contributed by atoms with E-state index in [0.29, 0.717) is 23.5 Å². The highest BCUT2D eigenvalue weighted by Crippen LogP contribution is 2.41. The van der Waals surface area contributed by atoms with E-state index in [9.17, 15) is 0 Å². The predicted octanol–water partition coefficient (Wildman–Crippen LogP) is 4.49. The molecule has 2 atom stereocenters. The molecule has 0 aliphatic carbocycles. The molecule has 0 radical (unpaired) electrons. The summed E-state index contributed by atoms with van der Waals surface area (Å²) in [6.07, 6.45) is 2.18. The Hall–Kier alpha value is -3.27. The normalized spacial score (nSPS) is 20.5. The fraction of sp³-hybridized carbons (Fsp3) is 0.393. The summed E-state index contributed by atoms with van der Waals surface area (Å²) in [5.41, 5.74) is 6.82. The number of pyridine rings is 1. The van der Waals surface area contributed by atoms with E-state index in [1.165, 1.54) is 0 Å². The van der Waals surface area contributed by atoms with Gasteiger partial charge in [-0.1, -0.05) is 35.9 Å². The van der Waals surface area contributed by atoms with Crippen molar-refractivity contribution >= 4 is 44.9 Å². The second-order valence-corrected chi connectivity index (χ2v) is 10.6. The van der Waals surface area contributed by atoms with Crippen LogP contribution in [0.3, 0.4) is 0 Å². The average molecular weight is 536 g/mol. The van der Waals surface area contributed by atoms with E-state index in [-0.39, 0.29) is 40.0 Å². The van der Waals surface area contributed by atoms with Crippen LogP contribution in [-0.2, 0) is 0 Å². The van der Waals surface area contributed by atoms with Gasteiger partial charge in [0.25, 0.3) is 0 Å². The molecule has 10 heteroatoms. The SMILES string of the molecule is C[C@H]1CNCCN1c1nc(OC[C@@H]2CCCN2C)nc2c(F)c(-c3nc(N)cc4ccccc34)c(Cl)cc12. The lowest BCUT2D eigenvalue weighted by Gasteiger charge is -2.35. The molecule has 0 spiro atoms. The van der Waals surface area contributed by atoms with Gasteiger partial charge < -0.3 is 25.6 Å². The molecule has 4 heterocycles. The van der Waals surface area contributed by atoms with Crippen molar-refractivity contribution < 1.29 is 9.13 Å². The number of ether oxygens (including phenoxy) is 1. The van der Waals surface area contributed by atoms with E-state index in [2.05, 4.69) is 39.1 Å². The minimum atomic E-state index is -0.565. The van der Waals surface area contributed by atoms with Gasteiger partial charge in [0, 0.05) is 42.5 Å². The fourth-order valence-corrected chi connectivity index (χ4v) is 5.87. The lowest BCUT2D eigenvalue weighted by molar-refractivity contribution is 0.188. The van der Waals surface area contributed by atoms with E-state index < -0.39 is 5.82 Å². The number of aromatic nitrogens is 3. The third-order valence-electron chi connectivity index (χ3n) is 7.69. The van der Waals surface area contributed by atoms with Gasteiger partial charge in [0.05, 0.1) is 16.3 Å². The first kappa shape index (κ1) is 25.0. The molecule has 2 aliphatic rings. The van der Waals surface area contributed by atoms with Crippen molar-refractivity contribution in [3.63, 3.8) is 0 Å². The van der Waals surface area contributed by atoms with Gasteiger partial charge in [0.1, 0.15) is 23.8 Å². The van der Waals surface area contributed by atoms with Crippen LogP contribution in [-0.4, -0.2) is 71.8 Å². The summed E-state index contributed by atoms with van der Waals surface area (Å²) in [5, 5.41) is 5.78. The average Bonchev–Trinajstić information content (AvgIpc) is 3.32. The molecule has 6 rings (SSSR count). The number of nitrogens with two attached hydrogens (primary N) is 1. The topological polar surface area (TPSA) is 92.4 Å². The summed E-state index contributed by atoms with van der Waals surface area (Å²) in [6.45, 7) is 5.91. The number of halogens is 2. The van der Waals surface area contributed by atoms with Crippen LogP contribution in [0.5, 0.6) is 6.01 Å². The Morgan fingerprint density at radius 2 is 2.00 bits per heavy atom. The zero-order valence-corrected chi connectivity index (χ0v) is 22.3. The molecule has 198 valence electrons. The smallest absolute Gasteiger partial charge is 0.319 e. The van der Waals surface area contributed by atoms with Crippen molar-refractivity contribution in [2.24, 2.45) is 0 Å². The largest absolute Gasteiger partial charge is 0.462 e. The summed E-state index contributed by atoms with van der Waals surface area (Å²) >= 11 is 6.80. The van der Waals surface area contributed by atoms with Crippen LogP contribution >= 0.6 is 11.6 Å². The third kappa shape index (κ3) is 4.48. The highest BCUT2D eigenvalue weighted by molar-refractivity contribution is 6.34. The van der Waals surface area contributed by atoms with Crippen molar-refractivity contribution in [3.8, 4) is 17.3 Å². The number of fused-ring (bicyclic) bond motifs is 2. The van der Waals surface area contributed by atoms with Crippen LogP contribution in [0.4, 0.5) is 16.0 Å². The monoisotopic (exact) mass is 535 g/mol.